The number of fused-ring (bicyclic) bond motifs is 3. The Morgan fingerprint density at radius 3 is 2.59 bits per heavy atom. The SMILES string of the molecule is CCC(=O)N1CCCC1.CCC1=CC2CC2c2ccccc21. The summed E-state index contributed by atoms with van der Waals surface area (Å²) in [4.78, 5) is 12.9. The normalized spacial score (nSPS) is 24.6. The lowest BCUT2D eigenvalue weighted by Gasteiger charge is -2.15. The van der Waals surface area contributed by atoms with E-state index in [9.17, 15) is 4.79 Å². The summed E-state index contributed by atoms with van der Waals surface area (Å²) in [6, 6.07) is 8.92. The van der Waals surface area contributed by atoms with E-state index in [0.717, 1.165) is 24.9 Å². The molecule has 2 unspecified atom stereocenters. The van der Waals surface area contributed by atoms with Crippen molar-refractivity contribution in [3.05, 3.63) is 41.5 Å². The van der Waals surface area contributed by atoms with Gasteiger partial charge in [0.2, 0.25) is 5.91 Å². The molecule has 3 aliphatic rings. The van der Waals surface area contributed by atoms with E-state index in [1.54, 1.807) is 11.1 Å². The highest BCUT2D eigenvalue weighted by Gasteiger charge is 2.40. The van der Waals surface area contributed by atoms with Crippen LogP contribution < -0.4 is 0 Å². The molecule has 118 valence electrons. The molecule has 1 saturated heterocycles. The van der Waals surface area contributed by atoms with Crippen LogP contribution in [0.4, 0.5) is 0 Å². The summed E-state index contributed by atoms with van der Waals surface area (Å²) in [7, 11) is 0. The minimum Gasteiger partial charge on any atom is -0.343 e. The molecule has 1 saturated carbocycles. The monoisotopic (exact) mass is 297 g/mol. The number of carbonyl (C=O) groups excluding carboxylic acids is 1. The number of benzene rings is 1. The van der Waals surface area contributed by atoms with Gasteiger partial charge in [0.1, 0.15) is 0 Å². The van der Waals surface area contributed by atoms with Crippen molar-refractivity contribution in [2.45, 2.75) is 51.9 Å². The Hall–Kier alpha value is -1.57. The average Bonchev–Trinajstić information content (AvgIpc) is 3.15. The van der Waals surface area contributed by atoms with E-state index in [2.05, 4.69) is 37.3 Å². The molecule has 2 nitrogen and oxygen atoms in total. The van der Waals surface area contributed by atoms with Gasteiger partial charge in [0, 0.05) is 19.5 Å². The van der Waals surface area contributed by atoms with Crippen LogP contribution in [0.1, 0.15) is 63.0 Å². The molecule has 0 N–H and O–H groups in total. The van der Waals surface area contributed by atoms with Gasteiger partial charge < -0.3 is 4.90 Å². The molecule has 22 heavy (non-hydrogen) atoms. The van der Waals surface area contributed by atoms with Crippen LogP contribution in [0, 0.1) is 5.92 Å². The van der Waals surface area contributed by atoms with E-state index >= 15 is 0 Å². The fraction of sp³-hybridized carbons (Fsp3) is 0.550. The maximum Gasteiger partial charge on any atom is 0.222 e. The third-order valence-corrected chi connectivity index (χ3v) is 5.10. The summed E-state index contributed by atoms with van der Waals surface area (Å²) in [6.45, 7) is 6.16. The number of rotatable bonds is 2. The van der Waals surface area contributed by atoms with E-state index in [0.29, 0.717) is 12.3 Å². The minimum absolute atomic E-state index is 0.313. The Labute approximate surface area is 134 Å². The Morgan fingerprint density at radius 2 is 1.91 bits per heavy atom. The molecule has 1 aromatic rings. The van der Waals surface area contributed by atoms with Crippen molar-refractivity contribution in [2.75, 3.05) is 13.1 Å². The molecule has 0 bridgehead atoms. The topological polar surface area (TPSA) is 20.3 Å². The second-order valence-electron chi connectivity index (χ2n) is 6.58. The Bertz CT molecular complexity index is 569. The number of amides is 1. The van der Waals surface area contributed by atoms with Crippen molar-refractivity contribution in [3.63, 3.8) is 0 Å². The molecule has 2 heteroatoms. The molecule has 2 fully saturated rings. The summed E-state index contributed by atoms with van der Waals surface area (Å²) in [5.74, 6) is 2.06. The lowest BCUT2D eigenvalue weighted by atomic mass is 9.90. The first kappa shape index (κ1) is 15.3. The van der Waals surface area contributed by atoms with Gasteiger partial charge in [-0.05, 0) is 54.2 Å². The van der Waals surface area contributed by atoms with Crippen LogP contribution in [0.2, 0.25) is 0 Å². The van der Waals surface area contributed by atoms with Gasteiger partial charge in [-0.1, -0.05) is 44.2 Å². The predicted octanol–water partition coefficient (Wildman–Crippen LogP) is 4.62. The highest BCUT2D eigenvalue weighted by molar-refractivity contribution is 5.76. The fourth-order valence-electron chi connectivity index (χ4n) is 3.72. The van der Waals surface area contributed by atoms with Crippen LogP contribution >= 0.6 is 0 Å². The zero-order valence-electron chi connectivity index (χ0n) is 13.8. The van der Waals surface area contributed by atoms with E-state index < -0.39 is 0 Å². The molecule has 1 heterocycles. The highest BCUT2D eigenvalue weighted by atomic mass is 16.2. The lowest BCUT2D eigenvalue weighted by molar-refractivity contribution is -0.129. The number of allylic oxidation sites excluding steroid dienone is 2. The first-order valence-corrected chi connectivity index (χ1v) is 8.82. The van der Waals surface area contributed by atoms with Crippen LogP contribution in [0.5, 0.6) is 0 Å². The summed E-state index contributed by atoms with van der Waals surface area (Å²) >= 11 is 0. The number of hydrogen-bond donors (Lipinski definition) is 0. The number of carbonyl (C=O) groups is 1. The maximum atomic E-state index is 10.9. The molecular weight excluding hydrogens is 270 g/mol. The summed E-state index contributed by atoms with van der Waals surface area (Å²) < 4.78 is 0. The van der Waals surface area contributed by atoms with Crippen molar-refractivity contribution >= 4 is 11.5 Å². The molecule has 4 rings (SSSR count). The molecule has 1 aromatic carbocycles. The Morgan fingerprint density at radius 1 is 1.18 bits per heavy atom. The zero-order chi connectivity index (χ0) is 15.5. The van der Waals surface area contributed by atoms with Crippen LogP contribution in [0.25, 0.3) is 5.57 Å². The first-order chi connectivity index (χ1) is 10.7. The van der Waals surface area contributed by atoms with E-state index in [1.165, 1.54) is 31.2 Å². The molecule has 0 aromatic heterocycles. The van der Waals surface area contributed by atoms with Crippen molar-refractivity contribution in [3.8, 4) is 0 Å². The van der Waals surface area contributed by atoms with Gasteiger partial charge in [0.05, 0.1) is 0 Å². The van der Waals surface area contributed by atoms with Crippen LogP contribution in [0.15, 0.2) is 30.3 Å². The van der Waals surface area contributed by atoms with Crippen LogP contribution in [-0.2, 0) is 4.79 Å². The smallest absolute Gasteiger partial charge is 0.222 e. The van der Waals surface area contributed by atoms with Gasteiger partial charge in [0.15, 0.2) is 0 Å². The van der Waals surface area contributed by atoms with Gasteiger partial charge in [-0.2, -0.15) is 0 Å². The van der Waals surface area contributed by atoms with Gasteiger partial charge in [-0.3, -0.25) is 4.79 Å². The molecule has 2 atom stereocenters. The van der Waals surface area contributed by atoms with Gasteiger partial charge in [-0.25, -0.2) is 0 Å². The highest BCUT2D eigenvalue weighted by Crippen LogP contribution is 2.54. The van der Waals surface area contributed by atoms with Crippen molar-refractivity contribution in [2.24, 2.45) is 5.92 Å². The van der Waals surface area contributed by atoms with Gasteiger partial charge in [-0.15, -0.1) is 0 Å². The fourth-order valence-corrected chi connectivity index (χ4v) is 3.72. The van der Waals surface area contributed by atoms with Gasteiger partial charge in [0.25, 0.3) is 0 Å². The van der Waals surface area contributed by atoms with Crippen LogP contribution in [0.3, 0.4) is 0 Å². The summed E-state index contributed by atoms with van der Waals surface area (Å²) in [6.07, 6.45) is 8.13. The summed E-state index contributed by atoms with van der Waals surface area (Å²) in [5, 5.41) is 0. The first-order valence-electron chi connectivity index (χ1n) is 8.82. The standard InChI is InChI=1S/C13H14.C7H13NO/c1-2-9-7-10-8-13(10)12-6-4-3-5-11(9)12;1-2-7(9)8-5-3-4-6-8/h3-7,10,13H,2,8H2,1H3;2-6H2,1H3. The number of hydrogen-bond acceptors (Lipinski definition) is 1. The predicted molar refractivity (Wildman–Crippen MR) is 91.7 cm³/mol. The molecule has 1 aliphatic heterocycles. The maximum absolute atomic E-state index is 10.9. The van der Waals surface area contributed by atoms with Crippen molar-refractivity contribution < 1.29 is 4.79 Å². The third kappa shape index (κ3) is 3.11. The lowest BCUT2D eigenvalue weighted by Crippen LogP contribution is -2.26. The Balaban J connectivity index is 0.000000142. The Kier molecular flexibility index (Phi) is 4.66. The molecule has 1 amide bonds. The molecule has 0 radical (unpaired) electrons. The van der Waals surface area contributed by atoms with Crippen LogP contribution in [-0.4, -0.2) is 23.9 Å². The third-order valence-electron chi connectivity index (χ3n) is 5.10. The molecule has 2 aliphatic carbocycles. The summed E-state index contributed by atoms with van der Waals surface area (Å²) in [5.41, 5.74) is 4.69. The average molecular weight is 297 g/mol. The minimum atomic E-state index is 0.313. The quantitative estimate of drug-likeness (QED) is 0.780. The second-order valence-corrected chi connectivity index (χ2v) is 6.58. The van der Waals surface area contributed by atoms with Crippen molar-refractivity contribution in [1.82, 2.24) is 4.90 Å². The molecular formula is C20H27NO. The van der Waals surface area contributed by atoms with E-state index in [4.69, 9.17) is 0 Å². The van der Waals surface area contributed by atoms with Gasteiger partial charge >= 0.3 is 0 Å². The zero-order valence-corrected chi connectivity index (χ0v) is 13.8. The number of nitrogens with zero attached hydrogens (tertiary/aromatic N) is 1. The van der Waals surface area contributed by atoms with E-state index in [-0.39, 0.29) is 0 Å². The largest absolute Gasteiger partial charge is 0.343 e. The van der Waals surface area contributed by atoms with E-state index in [1.807, 2.05) is 11.8 Å². The molecule has 0 spiro atoms. The second kappa shape index (κ2) is 6.68. The van der Waals surface area contributed by atoms with Crippen molar-refractivity contribution in [1.29, 1.82) is 0 Å². The number of likely N-dealkylation sites (tertiary alicyclic amines) is 1.